The van der Waals surface area contributed by atoms with Crippen molar-refractivity contribution in [2.75, 3.05) is 19.7 Å². The zero-order valence-electron chi connectivity index (χ0n) is 11.1. The quantitative estimate of drug-likeness (QED) is 0.313. The number of nitrogens with two attached hydrogens (primary N) is 1. The molecule has 100 valence electrons. The number of amides is 1. The molecule has 1 amide bonds. The van der Waals surface area contributed by atoms with Gasteiger partial charge in [0.1, 0.15) is 12.4 Å². The predicted octanol–water partition coefficient (Wildman–Crippen LogP) is 0.786. The van der Waals surface area contributed by atoms with Crippen molar-refractivity contribution in [3.8, 4) is 0 Å². The molecule has 3 N–H and O–H groups in total. The van der Waals surface area contributed by atoms with E-state index in [1.807, 2.05) is 27.7 Å². The predicted molar refractivity (Wildman–Crippen MR) is 66.0 cm³/mol. The highest BCUT2D eigenvalue weighted by Crippen LogP contribution is 2.07. The molecule has 6 nitrogen and oxygen atoms in total. The second-order valence-electron chi connectivity index (χ2n) is 4.72. The molecule has 0 aliphatic carbocycles. The van der Waals surface area contributed by atoms with Crippen molar-refractivity contribution in [1.29, 1.82) is 0 Å². The van der Waals surface area contributed by atoms with Gasteiger partial charge in [0.15, 0.2) is 0 Å². The first-order valence-corrected chi connectivity index (χ1v) is 5.68. The monoisotopic (exact) mass is 245 g/mol. The van der Waals surface area contributed by atoms with Gasteiger partial charge >= 0.3 is 0 Å². The van der Waals surface area contributed by atoms with Crippen LogP contribution in [0.2, 0.25) is 0 Å². The third-order valence-corrected chi connectivity index (χ3v) is 2.13. The fraction of sp³-hybridized carbons (Fsp3) is 0.818. The SMILES string of the molecule is CCN(CCC(N)=NO)C(=O)COC(C)(C)C. The Hall–Kier alpha value is -1.30. The molecule has 0 radical (unpaired) electrons. The number of nitrogens with zero attached hydrogens (tertiary/aromatic N) is 2. The first kappa shape index (κ1) is 15.7. The zero-order valence-corrected chi connectivity index (χ0v) is 11.1. The Morgan fingerprint density at radius 1 is 1.47 bits per heavy atom. The van der Waals surface area contributed by atoms with Gasteiger partial charge in [-0.2, -0.15) is 0 Å². The molecular weight excluding hydrogens is 222 g/mol. The molecule has 0 saturated carbocycles. The van der Waals surface area contributed by atoms with Crippen LogP contribution in [0.5, 0.6) is 0 Å². The van der Waals surface area contributed by atoms with Crippen LogP contribution >= 0.6 is 0 Å². The third kappa shape index (κ3) is 7.57. The average molecular weight is 245 g/mol. The molecule has 0 aromatic heterocycles. The van der Waals surface area contributed by atoms with E-state index in [9.17, 15) is 4.79 Å². The minimum absolute atomic E-state index is 0.0491. The van der Waals surface area contributed by atoms with E-state index in [-0.39, 0.29) is 24.0 Å². The van der Waals surface area contributed by atoms with Gasteiger partial charge in [-0.3, -0.25) is 4.79 Å². The molecule has 0 atom stereocenters. The van der Waals surface area contributed by atoms with Crippen molar-refractivity contribution in [3.05, 3.63) is 0 Å². The van der Waals surface area contributed by atoms with Crippen LogP contribution in [-0.2, 0) is 9.53 Å². The van der Waals surface area contributed by atoms with E-state index in [2.05, 4.69) is 5.16 Å². The van der Waals surface area contributed by atoms with Crippen LogP contribution in [0.25, 0.3) is 0 Å². The molecule has 0 aliphatic rings. The number of likely N-dealkylation sites (N-methyl/N-ethyl adjacent to an activating group) is 1. The molecule has 6 heteroatoms. The van der Waals surface area contributed by atoms with Gasteiger partial charge in [0.25, 0.3) is 0 Å². The van der Waals surface area contributed by atoms with Crippen molar-refractivity contribution in [2.45, 2.75) is 39.7 Å². The Labute approximate surface area is 102 Å². The Morgan fingerprint density at radius 3 is 2.47 bits per heavy atom. The third-order valence-electron chi connectivity index (χ3n) is 2.13. The van der Waals surface area contributed by atoms with Crippen molar-refractivity contribution in [1.82, 2.24) is 4.90 Å². The van der Waals surface area contributed by atoms with Gasteiger partial charge in [-0.25, -0.2) is 0 Å². The van der Waals surface area contributed by atoms with Gasteiger partial charge in [0, 0.05) is 19.5 Å². The maximum atomic E-state index is 11.8. The van der Waals surface area contributed by atoms with Gasteiger partial charge in [0.2, 0.25) is 5.91 Å². The van der Waals surface area contributed by atoms with E-state index in [1.54, 1.807) is 4.90 Å². The van der Waals surface area contributed by atoms with Gasteiger partial charge in [-0.05, 0) is 27.7 Å². The highest BCUT2D eigenvalue weighted by Gasteiger charge is 2.17. The lowest BCUT2D eigenvalue weighted by Crippen LogP contribution is -2.38. The van der Waals surface area contributed by atoms with Crippen molar-refractivity contribution >= 4 is 11.7 Å². The fourth-order valence-electron chi connectivity index (χ4n) is 1.13. The highest BCUT2D eigenvalue weighted by atomic mass is 16.5. The van der Waals surface area contributed by atoms with Crippen LogP contribution in [-0.4, -0.2) is 47.1 Å². The minimum Gasteiger partial charge on any atom is -0.409 e. The standard InChI is InChI=1S/C11H23N3O3/c1-5-14(7-6-9(12)13-16)10(15)8-17-11(2,3)4/h16H,5-8H2,1-4H3,(H2,12,13). The molecule has 0 unspecified atom stereocenters. The summed E-state index contributed by atoms with van der Waals surface area (Å²) in [6.45, 7) is 8.62. The summed E-state index contributed by atoms with van der Waals surface area (Å²) >= 11 is 0. The molecular formula is C11H23N3O3. The number of hydrogen-bond acceptors (Lipinski definition) is 4. The molecule has 0 aromatic carbocycles. The summed E-state index contributed by atoms with van der Waals surface area (Å²) in [5.41, 5.74) is 5.02. The first-order chi connectivity index (χ1) is 7.80. The van der Waals surface area contributed by atoms with E-state index >= 15 is 0 Å². The molecule has 0 aromatic rings. The summed E-state index contributed by atoms with van der Waals surface area (Å²) in [5, 5.41) is 11.3. The number of carbonyl (C=O) groups is 1. The molecule has 0 rings (SSSR count). The Balaban J connectivity index is 4.13. The summed E-state index contributed by atoms with van der Waals surface area (Å²) < 4.78 is 5.40. The molecule has 0 aliphatic heterocycles. The van der Waals surface area contributed by atoms with Gasteiger partial charge in [-0.15, -0.1) is 0 Å². The molecule has 0 fully saturated rings. The average Bonchev–Trinajstić information content (AvgIpc) is 2.25. The first-order valence-electron chi connectivity index (χ1n) is 5.68. The zero-order chi connectivity index (χ0) is 13.5. The normalized spacial score (nSPS) is 12.6. The van der Waals surface area contributed by atoms with E-state index in [0.29, 0.717) is 19.5 Å². The number of ether oxygens (including phenoxy) is 1. The molecule has 17 heavy (non-hydrogen) atoms. The summed E-state index contributed by atoms with van der Waals surface area (Å²) in [5.74, 6) is 0.0288. The van der Waals surface area contributed by atoms with Gasteiger partial charge in [-0.1, -0.05) is 5.16 Å². The highest BCUT2D eigenvalue weighted by molar-refractivity contribution is 5.81. The van der Waals surface area contributed by atoms with Crippen LogP contribution in [0, 0.1) is 0 Å². The number of amidine groups is 1. The van der Waals surface area contributed by atoms with E-state index in [4.69, 9.17) is 15.7 Å². The summed E-state index contributed by atoms with van der Waals surface area (Å²) in [7, 11) is 0. The second kappa shape index (κ2) is 7.11. The molecule has 0 spiro atoms. The topological polar surface area (TPSA) is 88.1 Å². The maximum Gasteiger partial charge on any atom is 0.248 e. The minimum atomic E-state index is -0.333. The summed E-state index contributed by atoms with van der Waals surface area (Å²) in [6, 6.07) is 0. The largest absolute Gasteiger partial charge is 0.409 e. The van der Waals surface area contributed by atoms with Crippen molar-refractivity contribution in [3.63, 3.8) is 0 Å². The fourth-order valence-corrected chi connectivity index (χ4v) is 1.13. The number of carbonyl (C=O) groups excluding carboxylic acids is 1. The number of hydrogen-bond donors (Lipinski definition) is 2. The van der Waals surface area contributed by atoms with Crippen LogP contribution < -0.4 is 5.73 Å². The van der Waals surface area contributed by atoms with E-state index < -0.39 is 0 Å². The van der Waals surface area contributed by atoms with Crippen molar-refractivity contribution in [2.24, 2.45) is 10.9 Å². The van der Waals surface area contributed by atoms with Crippen molar-refractivity contribution < 1.29 is 14.7 Å². The lowest BCUT2D eigenvalue weighted by Gasteiger charge is -2.24. The Morgan fingerprint density at radius 2 is 2.06 bits per heavy atom. The second-order valence-corrected chi connectivity index (χ2v) is 4.72. The summed E-state index contributed by atoms with van der Waals surface area (Å²) in [6.07, 6.45) is 0.353. The number of rotatable bonds is 6. The molecule has 0 saturated heterocycles. The van der Waals surface area contributed by atoms with Crippen LogP contribution in [0.1, 0.15) is 34.1 Å². The van der Waals surface area contributed by atoms with E-state index in [0.717, 1.165) is 0 Å². The maximum absolute atomic E-state index is 11.8. The lowest BCUT2D eigenvalue weighted by atomic mass is 10.2. The van der Waals surface area contributed by atoms with Gasteiger partial charge in [0.05, 0.1) is 5.60 Å². The molecule has 0 bridgehead atoms. The Kier molecular flexibility index (Phi) is 6.57. The molecule has 0 heterocycles. The Bertz CT molecular complexity index is 272. The van der Waals surface area contributed by atoms with Crippen LogP contribution in [0.3, 0.4) is 0 Å². The lowest BCUT2D eigenvalue weighted by molar-refractivity contribution is -0.140. The smallest absolute Gasteiger partial charge is 0.248 e. The van der Waals surface area contributed by atoms with Gasteiger partial charge < -0.3 is 20.6 Å². The number of oxime groups is 1. The van der Waals surface area contributed by atoms with Crippen LogP contribution in [0.4, 0.5) is 0 Å². The van der Waals surface area contributed by atoms with Crippen LogP contribution in [0.15, 0.2) is 5.16 Å². The van der Waals surface area contributed by atoms with E-state index in [1.165, 1.54) is 0 Å². The summed E-state index contributed by atoms with van der Waals surface area (Å²) in [4.78, 5) is 13.4.